The molecule has 0 aromatic rings. The maximum Gasteiger partial charge on any atom is 0.217 e. The van der Waals surface area contributed by atoms with E-state index in [0.717, 1.165) is 18.8 Å². The Labute approximate surface area is 74.2 Å². The van der Waals surface area contributed by atoms with Crippen LogP contribution in [0.4, 0.5) is 0 Å². The molecule has 4 heteroatoms. The topological polar surface area (TPSA) is 48.8 Å². The Hall–Kier alpha value is -0.900. The van der Waals surface area contributed by atoms with Crippen molar-refractivity contribution in [2.24, 2.45) is 9.98 Å². The Morgan fingerprint density at radius 2 is 2.00 bits per heavy atom. The summed E-state index contributed by atoms with van der Waals surface area (Å²) >= 11 is 0. The number of guanidine groups is 1. The van der Waals surface area contributed by atoms with Crippen LogP contribution in [0, 0.1) is 0 Å². The van der Waals surface area contributed by atoms with Crippen molar-refractivity contribution < 1.29 is 0 Å². The fourth-order valence-electron chi connectivity index (χ4n) is 0.796. The number of nitrogens with zero attached hydrogens (tertiary/aromatic N) is 2. The van der Waals surface area contributed by atoms with Gasteiger partial charge in [-0.15, -0.1) is 0 Å². The van der Waals surface area contributed by atoms with E-state index >= 15 is 0 Å². The molecule has 0 amide bonds. The molecule has 0 radical (unpaired) electrons. The summed E-state index contributed by atoms with van der Waals surface area (Å²) in [6.45, 7) is 5.51. The van der Waals surface area contributed by atoms with Crippen LogP contribution in [0.3, 0.4) is 0 Å². The van der Waals surface area contributed by atoms with Crippen LogP contribution >= 0.6 is 0 Å². The highest BCUT2D eigenvalue weighted by molar-refractivity contribution is 5.96. The normalized spacial score (nSPS) is 13.3. The molecule has 0 saturated heterocycles. The smallest absolute Gasteiger partial charge is 0.217 e. The number of nitrogens with one attached hydrogen (secondary N) is 2. The van der Waals surface area contributed by atoms with Gasteiger partial charge in [0, 0.05) is 25.8 Å². The summed E-state index contributed by atoms with van der Waals surface area (Å²) in [6, 6.07) is 0. The van der Waals surface area contributed by atoms with Gasteiger partial charge in [-0.3, -0.25) is 4.99 Å². The SMILES string of the molecule is CC/N=C(\N=C(\C)CNC)NC. The van der Waals surface area contributed by atoms with Gasteiger partial charge in [-0.2, -0.15) is 0 Å². The fourth-order valence-corrected chi connectivity index (χ4v) is 0.796. The fraction of sp³-hybridized carbons (Fsp3) is 0.750. The number of aliphatic imine (C=N–C) groups is 2. The molecule has 12 heavy (non-hydrogen) atoms. The molecule has 0 aliphatic carbocycles. The van der Waals surface area contributed by atoms with Gasteiger partial charge in [0.25, 0.3) is 0 Å². The van der Waals surface area contributed by atoms with Crippen LogP contribution < -0.4 is 10.6 Å². The Kier molecular flexibility index (Phi) is 6.28. The molecule has 0 aliphatic heterocycles. The van der Waals surface area contributed by atoms with Gasteiger partial charge in [0.05, 0.1) is 0 Å². The zero-order valence-electron chi connectivity index (χ0n) is 8.31. The Bertz CT molecular complexity index is 172. The van der Waals surface area contributed by atoms with Crippen LogP contribution in [0.5, 0.6) is 0 Å². The molecule has 0 aromatic carbocycles. The number of hydrogen-bond donors (Lipinski definition) is 2. The lowest BCUT2D eigenvalue weighted by Crippen LogP contribution is -2.22. The quantitative estimate of drug-likeness (QED) is 0.471. The largest absolute Gasteiger partial charge is 0.358 e. The monoisotopic (exact) mass is 170 g/mol. The molecule has 0 fully saturated rings. The van der Waals surface area contributed by atoms with Crippen molar-refractivity contribution in [2.45, 2.75) is 13.8 Å². The molecule has 0 aliphatic rings. The van der Waals surface area contributed by atoms with Crippen LogP contribution in [0.15, 0.2) is 9.98 Å². The van der Waals surface area contributed by atoms with Crippen molar-refractivity contribution in [1.29, 1.82) is 0 Å². The first-order chi connectivity index (χ1) is 5.74. The summed E-state index contributed by atoms with van der Waals surface area (Å²) in [5.74, 6) is 0.699. The first-order valence-electron chi connectivity index (χ1n) is 4.15. The second-order valence-electron chi connectivity index (χ2n) is 2.43. The minimum Gasteiger partial charge on any atom is -0.358 e. The zero-order chi connectivity index (χ0) is 9.40. The summed E-state index contributed by atoms with van der Waals surface area (Å²) in [6.07, 6.45) is 0. The van der Waals surface area contributed by atoms with E-state index in [9.17, 15) is 0 Å². The minimum atomic E-state index is 0.699. The summed E-state index contributed by atoms with van der Waals surface area (Å²) in [5.41, 5.74) is 1.03. The second kappa shape index (κ2) is 6.79. The molecule has 0 heterocycles. The number of hydrogen-bond acceptors (Lipinski definition) is 2. The lowest BCUT2D eigenvalue weighted by molar-refractivity contribution is 0.941. The summed E-state index contributed by atoms with van der Waals surface area (Å²) < 4.78 is 0. The third kappa shape index (κ3) is 4.85. The molecule has 0 bridgehead atoms. The molecule has 0 unspecified atom stereocenters. The van der Waals surface area contributed by atoms with Crippen molar-refractivity contribution in [1.82, 2.24) is 10.6 Å². The lowest BCUT2D eigenvalue weighted by Gasteiger charge is -2.01. The standard InChI is InChI=1S/C8H18N4/c1-5-11-8(10-4)12-7(2)6-9-3/h9H,5-6H2,1-4H3,(H,10,11)/b12-7-. The van der Waals surface area contributed by atoms with Crippen molar-refractivity contribution in [3.05, 3.63) is 0 Å². The Morgan fingerprint density at radius 3 is 2.42 bits per heavy atom. The highest BCUT2D eigenvalue weighted by Crippen LogP contribution is 1.80. The van der Waals surface area contributed by atoms with Crippen molar-refractivity contribution in [3.8, 4) is 0 Å². The van der Waals surface area contributed by atoms with Gasteiger partial charge in [-0.05, 0) is 20.9 Å². The van der Waals surface area contributed by atoms with Gasteiger partial charge in [0.1, 0.15) is 0 Å². The average molecular weight is 170 g/mol. The maximum absolute atomic E-state index is 4.27. The van der Waals surface area contributed by atoms with Crippen molar-refractivity contribution in [2.75, 3.05) is 27.2 Å². The van der Waals surface area contributed by atoms with E-state index in [2.05, 4.69) is 20.6 Å². The van der Waals surface area contributed by atoms with Gasteiger partial charge >= 0.3 is 0 Å². The summed E-state index contributed by atoms with van der Waals surface area (Å²) in [4.78, 5) is 8.42. The second-order valence-corrected chi connectivity index (χ2v) is 2.43. The van der Waals surface area contributed by atoms with E-state index in [1.165, 1.54) is 0 Å². The van der Waals surface area contributed by atoms with E-state index in [1.54, 1.807) is 0 Å². The maximum atomic E-state index is 4.27. The molecular weight excluding hydrogens is 152 g/mol. The average Bonchev–Trinajstić information content (AvgIpc) is 2.04. The molecule has 0 aromatic heterocycles. The van der Waals surface area contributed by atoms with Crippen LogP contribution in [0.2, 0.25) is 0 Å². The van der Waals surface area contributed by atoms with Gasteiger partial charge < -0.3 is 10.6 Å². The third-order valence-electron chi connectivity index (χ3n) is 1.26. The zero-order valence-corrected chi connectivity index (χ0v) is 8.31. The Morgan fingerprint density at radius 1 is 1.33 bits per heavy atom. The molecule has 0 atom stereocenters. The van der Waals surface area contributed by atoms with E-state index in [-0.39, 0.29) is 0 Å². The first kappa shape index (κ1) is 11.1. The van der Waals surface area contributed by atoms with Gasteiger partial charge in [-0.1, -0.05) is 0 Å². The highest BCUT2D eigenvalue weighted by Gasteiger charge is 1.92. The molecule has 2 N–H and O–H groups in total. The van der Waals surface area contributed by atoms with E-state index in [0.29, 0.717) is 5.96 Å². The van der Waals surface area contributed by atoms with Crippen molar-refractivity contribution >= 4 is 11.7 Å². The van der Waals surface area contributed by atoms with E-state index in [4.69, 9.17) is 0 Å². The van der Waals surface area contributed by atoms with Gasteiger partial charge in [0.2, 0.25) is 5.96 Å². The van der Waals surface area contributed by atoms with Crippen LogP contribution in [0.1, 0.15) is 13.8 Å². The minimum absolute atomic E-state index is 0.699. The van der Waals surface area contributed by atoms with Gasteiger partial charge in [0.15, 0.2) is 0 Å². The van der Waals surface area contributed by atoms with Gasteiger partial charge in [-0.25, -0.2) is 4.99 Å². The molecule has 4 nitrogen and oxygen atoms in total. The molecule has 0 saturated carbocycles. The molecule has 0 spiro atoms. The van der Waals surface area contributed by atoms with E-state index < -0.39 is 0 Å². The molecular formula is C8H18N4. The van der Waals surface area contributed by atoms with Crippen molar-refractivity contribution in [3.63, 3.8) is 0 Å². The highest BCUT2D eigenvalue weighted by atomic mass is 15.1. The van der Waals surface area contributed by atoms with Crippen LogP contribution in [0.25, 0.3) is 0 Å². The molecule has 70 valence electrons. The lowest BCUT2D eigenvalue weighted by atomic mass is 10.4. The predicted molar refractivity (Wildman–Crippen MR) is 54.1 cm³/mol. The first-order valence-corrected chi connectivity index (χ1v) is 4.15. The van der Waals surface area contributed by atoms with Crippen LogP contribution in [-0.4, -0.2) is 38.9 Å². The third-order valence-corrected chi connectivity index (χ3v) is 1.26. The predicted octanol–water partition coefficient (Wildman–Crippen LogP) is 0.262. The summed E-state index contributed by atoms with van der Waals surface area (Å²) in [7, 11) is 3.72. The van der Waals surface area contributed by atoms with E-state index in [1.807, 2.05) is 27.9 Å². The van der Waals surface area contributed by atoms with Crippen LogP contribution in [-0.2, 0) is 0 Å². The molecule has 0 rings (SSSR count). The summed E-state index contributed by atoms with van der Waals surface area (Å²) in [5, 5.41) is 5.95. The Balaban J connectivity index is 4.15. The number of rotatable bonds is 3.